The van der Waals surface area contributed by atoms with Gasteiger partial charge in [0.15, 0.2) is 0 Å². The first-order valence-electron chi connectivity index (χ1n) is 7.32. The van der Waals surface area contributed by atoms with E-state index in [1.54, 1.807) is 0 Å². The van der Waals surface area contributed by atoms with Gasteiger partial charge in [-0.3, -0.25) is 4.57 Å². The summed E-state index contributed by atoms with van der Waals surface area (Å²) in [6.07, 6.45) is 4.02. The Morgan fingerprint density at radius 2 is 1.35 bits per heavy atom. The van der Waals surface area contributed by atoms with Crippen LogP contribution in [0.25, 0.3) is 0 Å². The molecule has 0 rings (SSSR count). The zero-order chi connectivity index (χ0) is 15.6. The van der Waals surface area contributed by atoms with Crippen LogP contribution in [0.15, 0.2) is 0 Å². The van der Waals surface area contributed by atoms with Gasteiger partial charge in [-0.1, -0.05) is 26.7 Å². The monoisotopic (exact) mass is 313 g/mol. The van der Waals surface area contributed by atoms with Gasteiger partial charge in [0.25, 0.3) is 0 Å². The molecule has 0 aliphatic carbocycles. The van der Waals surface area contributed by atoms with Crippen LogP contribution in [-0.4, -0.2) is 61.7 Å². The fourth-order valence-corrected chi connectivity index (χ4v) is 1.80. The summed E-state index contributed by atoms with van der Waals surface area (Å²) in [4.78, 5) is 1.86. The minimum absolute atomic E-state index is 0.163. The normalized spacial score (nSPS) is 10.8. The number of unbranched alkanes of at least 4 members (excludes halogenated alkanes) is 2. The molecule has 6 nitrogen and oxygen atoms in total. The Hall–Kier alpha value is 0.0300. The second kappa shape index (κ2) is 19.0. The number of rotatable bonds is 12. The highest BCUT2D eigenvalue weighted by molar-refractivity contribution is 7.33. The van der Waals surface area contributed by atoms with Crippen LogP contribution < -0.4 is 0 Å². The van der Waals surface area contributed by atoms with E-state index in [0.717, 1.165) is 25.7 Å². The van der Waals surface area contributed by atoms with Crippen LogP contribution in [0.1, 0.15) is 39.5 Å². The van der Waals surface area contributed by atoms with Crippen LogP contribution in [0.2, 0.25) is 0 Å². The van der Waals surface area contributed by atoms with Gasteiger partial charge < -0.3 is 24.2 Å². The van der Waals surface area contributed by atoms with E-state index in [9.17, 15) is 4.57 Å². The Morgan fingerprint density at radius 3 is 1.65 bits per heavy atom. The standard InChI is InChI=1S/C8H19O3P.C5H13NO2/c1-3-5-7-10-12(9)11-8-6-4-2;1-6(2-4-7)3-5-8/h12H,3-8H2,1-2H3;7-8H,2-5H2,1H3. The molecule has 0 fully saturated rings. The second-order valence-corrected chi connectivity index (χ2v) is 5.48. The molecule has 0 heterocycles. The van der Waals surface area contributed by atoms with Crippen LogP contribution in [0.3, 0.4) is 0 Å². The van der Waals surface area contributed by atoms with Crippen molar-refractivity contribution in [3.05, 3.63) is 0 Å². The van der Waals surface area contributed by atoms with E-state index in [1.165, 1.54) is 0 Å². The van der Waals surface area contributed by atoms with E-state index in [0.29, 0.717) is 26.3 Å². The third-order valence-corrected chi connectivity index (χ3v) is 3.28. The van der Waals surface area contributed by atoms with Gasteiger partial charge in [0.1, 0.15) is 0 Å². The first kappa shape index (κ1) is 22.3. The molecule has 0 aliphatic rings. The van der Waals surface area contributed by atoms with Gasteiger partial charge in [0.2, 0.25) is 0 Å². The predicted octanol–water partition coefficient (Wildman–Crippen LogP) is 1.91. The largest absolute Gasteiger partial charge is 0.395 e. The lowest BCUT2D eigenvalue weighted by Gasteiger charge is -2.11. The van der Waals surface area contributed by atoms with E-state index in [2.05, 4.69) is 13.8 Å². The number of hydrogen-bond donors (Lipinski definition) is 2. The molecule has 2 N–H and O–H groups in total. The topological polar surface area (TPSA) is 79.2 Å². The van der Waals surface area contributed by atoms with Crippen molar-refractivity contribution in [3.8, 4) is 0 Å². The highest BCUT2D eigenvalue weighted by Crippen LogP contribution is 2.24. The highest BCUT2D eigenvalue weighted by Gasteiger charge is 1.97. The molecule has 0 aromatic carbocycles. The minimum Gasteiger partial charge on any atom is -0.395 e. The molecule has 7 heteroatoms. The Labute approximate surface area is 124 Å². The smallest absolute Gasteiger partial charge is 0.319 e. The molecule has 0 amide bonds. The molecule has 0 atom stereocenters. The van der Waals surface area contributed by atoms with Crippen molar-refractivity contribution in [3.63, 3.8) is 0 Å². The van der Waals surface area contributed by atoms with Gasteiger partial charge in [-0.25, -0.2) is 0 Å². The fraction of sp³-hybridized carbons (Fsp3) is 1.00. The lowest BCUT2D eigenvalue weighted by Crippen LogP contribution is -2.25. The van der Waals surface area contributed by atoms with Crippen molar-refractivity contribution in [1.82, 2.24) is 4.90 Å². The second-order valence-electron chi connectivity index (χ2n) is 4.40. The first-order chi connectivity index (χ1) is 9.62. The average molecular weight is 313 g/mol. The zero-order valence-electron chi connectivity index (χ0n) is 13.1. The van der Waals surface area contributed by atoms with E-state index in [1.807, 2.05) is 11.9 Å². The molecule has 0 aromatic heterocycles. The summed E-state index contributed by atoms with van der Waals surface area (Å²) in [6, 6.07) is 0. The van der Waals surface area contributed by atoms with E-state index < -0.39 is 8.25 Å². The van der Waals surface area contributed by atoms with Crippen molar-refractivity contribution >= 4 is 8.25 Å². The number of aliphatic hydroxyl groups is 2. The van der Waals surface area contributed by atoms with Gasteiger partial charge in [-0.15, -0.1) is 0 Å². The third-order valence-electron chi connectivity index (χ3n) is 2.40. The van der Waals surface area contributed by atoms with Crippen molar-refractivity contribution in [2.24, 2.45) is 0 Å². The number of hydrogen-bond acceptors (Lipinski definition) is 6. The van der Waals surface area contributed by atoms with Gasteiger partial charge in [0.05, 0.1) is 26.4 Å². The third kappa shape index (κ3) is 20.3. The summed E-state index contributed by atoms with van der Waals surface area (Å²) in [5.41, 5.74) is 0. The number of likely N-dealkylation sites (N-methyl/N-ethyl adjacent to an activating group) is 1. The summed E-state index contributed by atoms with van der Waals surface area (Å²) in [5.74, 6) is 0. The molecule has 0 aromatic rings. The van der Waals surface area contributed by atoms with E-state index in [-0.39, 0.29) is 13.2 Å². The van der Waals surface area contributed by atoms with Gasteiger partial charge in [-0.05, 0) is 19.9 Å². The molecule has 20 heavy (non-hydrogen) atoms. The van der Waals surface area contributed by atoms with Crippen LogP contribution in [0.5, 0.6) is 0 Å². The Kier molecular flexibility index (Phi) is 21.2. The highest BCUT2D eigenvalue weighted by atomic mass is 31.1. The molecular weight excluding hydrogens is 281 g/mol. The van der Waals surface area contributed by atoms with Crippen LogP contribution in [0.4, 0.5) is 0 Å². The molecule has 0 aliphatic heterocycles. The predicted molar refractivity (Wildman–Crippen MR) is 82.4 cm³/mol. The summed E-state index contributed by atoms with van der Waals surface area (Å²) in [7, 11) is -0.331. The maximum atomic E-state index is 10.9. The van der Waals surface area contributed by atoms with Gasteiger partial charge in [0, 0.05) is 13.1 Å². The fourth-order valence-electron chi connectivity index (χ4n) is 1.09. The summed E-state index contributed by atoms with van der Waals surface area (Å²) in [6.45, 7) is 6.85. The number of aliphatic hydroxyl groups excluding tert-OH is 2. The van der Waals surface area contributed by atoms with Gasteiger partial charge >= 0.3 is 8.25 Å². The molecule has 0 unspecified atom stereocenters. The summed E-state index contributed by atoms with van der Waals surface area (Å²) < 4.78 is 20.8. The lowest BCUT2D eigenvalue weighted by molar-refractivity contribution is 0.184. The maximum absolute atomic E-state index is 10.9. The number of nitrogens with zero attached hydrogens (tertiary/aromatic N) is 1. The van der Waals surface area contributed by atoms with Crippen molar-refractivity contribution in [1.29, 1.82) is 0 Å². The van der Waals surface area contributed by atoms with Crippen molar-refractivity contribution in [2.45, 2.75) is 39.5 Å². The van der Waals surface area contributed by atoms with E-state index in [4.69, 9.17) is 19.3 Å². The van der Waals surface area contributed by atoms with Crippen molar-refractivity contribution < 1.29 is 23.8 Å². The Bertz CT molecular complexity index is 189. The molecule has 0 radical (unpaired) electrons. The molecule has 0 saturated carbocycles. The zero-order valence-corrected chi connectivity index (χ0v) is 14.1. The van der Waals surface area contributed by atoms with Crippen LogP contribution in [-0.2, 0) is 13.6 Å². The summed E-state index contributed by atoms with van der Waals surface area (Å²) >= 11 is 0. The lowest BCUT2D eigenvalue weighted by atomic mass is 10.4. The SMILES string of the molecule is CCCCO[PH](=O)OCCCC.CN(CCO)CCO. The quantitative estimate of drug-likeness (QED) is 0.423. The summed E-state index contributed by atoms with van der Waals surface area (Å²) in [5, 5.41) is 16.7. The maximum Gasteiger partial charge on any atom is 0.319 e. The average Bonchev–Trinajstić information content (AvgIpc) is 2.41. The minimum atomic E-state index is -2.18. The molecule has 0 bridgehead atoms. The molecule has 0 spiro atoms. The molecule has 124 valence electrons. The van der Waals surface area contributed by atoms with Crippen molar-refractivity contribution in [2.75, 3.05) is 46.6 Å². The molecular formula is C13H32NO5P. The molecule has 0 saturated heterocycles. The first-order valence-corrected chi connectivity index (χ1v) is 8.54. The van der Waals surface area contributed by atoms with Crippen LogP contribution in [0, 0.1) is 0 Å². The van der Waals surface area contributed by atoms with E-state index >= 15 is 0 Å². The Balaban J connectivity index is 0. The van der Waals surface area contributed by atoms with Crippen LogP contribution >= 0.6 is 8.25 Å². The van der Waals surface area contributed by atoms with Gasteiger partial charge in [-0.2, -0.15) is 0 Å². The Morgan fingerprint density at radius 1 is 0.950 bits per heavy atom.